The van der Waals surface area contributed by atoms with E-state index in [-0.39, 0.29) is 0 Å². The summed E-state index contributed by atoms with van der Waals surface area (Å²) in [5, 5.41) is 8.85. The lowest BCUT2D eigenvalue weighted by Gasteiger charge is -2.45. The van der Waals surface area contributed by atoms with Crippen molar-refractivity contribution in [3.63, 3.8) is 0 Å². The third-order valence-electron chi connectivity index (χ3n) is 5.70. The first-order valence-corrected chi connectivity index (χ1v) is 9.40. The average Bonchev–Trinajstić information content (AvgIpc) is 2.85. The molecule has 1 aliphatic carbocycles. The first-order valence-electron chi connectivity index (χ1n) is 9.40. The molecule has 0 unspecified atom stereocenters. The quantitative estimate of drug-likeness (QED) is 0.796. The van der Waals surface area contributed by atoms with Crippen LogP contribution in [0.2, 0.25) is 0 Å². The molecule has 0 amide bonds. The van der Waals surface area contributed by atoms with Crippen LogP contribution < -0.4 is 4.90 Å². The number of rotatable bonds is 5. The molecule has 1 aromatic heterocycles. The van der Waals surface area contributed by atoms with E-state index in [0.29, 0.717) is 6.04 Å². The SMILES string of the molecule is CN(CCN1CCCOCC1)C1CN(c2cc3c(nn2)CCC3)C1. The zero-order chi connectivity index (χ0) is 16.4. The normalized spacial score (nSPS) is 22.5. The van der Waals surface area contributed by atoms with Crippen LogP contribution in [0.25, 0.3) is 0 Å². The van der Waals surface area contributed by atoms with Crippen LogP contribution in [0.15, 0.2) is 6.07 Å². The predicted octanol–water partition coefficient (Wildman–Crippen LogP) is 0.808. The molecule has 2 saturated heterocycles. The Morgan fingerprint density at radius 3 is 3.00 bits per heavy atom. The van der Waals surface area contributed by atoms with Crippen molar-refractivity contribution in [2.24, 2.45) is 0 Å². The van der Waals surface area contributed by atoms with E-state index < -0.39 is 0 Å². The van der Waals surface area contributed by atoms with Crippen LogP contribution >= 0.6 is 0 Å². The van der Waals surface area contributed by atoms with E-state index in [2.05, 4.69) is 38.0 Å². The van der Waals surface area contributed by atoms with E-state index in [4.69, 9.17) is 4.74 Å². The van der Waals surface area contributed by atoms with Crippen molar-refractivity contribution in [2.45, 2.75) is 31.7 Å². The van der Waals surface area contributed by atoms with Gasteiger partial charge in [-0.05, 0) is 44.4 Å². The third kappa shape index (κ3) is 3.55. The summed E-state index contributed by atoms with van der Waals surface area (Å²) in [5.74, 6) is 1.07. The van der Waals surface area contributed by atoms with E-state index in [9.17, 15) is 0 Å². The Balaban J connectivity index is 1.23. The molecule has 3 heterocycles. The lowest BCUT2D eigenvalue weighted by atomic mass is 10.1. The molecule has 6 heteroatoms. The van der Waals surface area contributed by atoms with Crippen LogP contribution in [-0.4, -0.2) is 85.6 Å². The number of ether oxygens (including phenoxy) is 1. The number of anilines is 1. The minimum absolute atomic E-state index is 0.642. The second-order valence-corrected chi connectivity index (χ2v) is 7.38. The highest BCUT2D eigenvalue weighted by atomic mass is 16.5. The van der Waals surface area contributed by atoms with E-state index >= 15 is 0 Å². The molecule has 0 radical (unpaired) electrons. The van der Waals surface area contributed by atoms with Crippen LogP contribution in [0.1, 0.15) is 24.1 Å². The van der Waals surface area contributed by atoms with Crippen LogP contribution in [0, 0.1) is 0 Å². The van der Waals surface area contributed by atoms with Gasteiger partial charge in [0.2, 0.25) is 0 Å². The number of aryl methyl sites for hydroxylation is 2. The number of nitrogens with zero attached hydrogens (tertiary/aromatic N) is 5. The van der Waals surface area contributed by atoms with Gasteiger partial charge < -0.3 is 9.64 Å². The van der Waals surface area contributed by atoms with Crippen molar-refractivity contribution >= 4 is 5.82 Å². The fraction of sp³-hybridized carbons (Fsp3) is 0.778. The van der Waals surface area contributed by atoms with E-state index in [1.807, 2.05) is 0 Å². The predicted molar refractivity (Wildman–Crippen MR) is 94.6 cm³/mol. The van der Waals surface area contributed by atoms with Crippen molar-refractivity contribution in [1.82, 2.24) is 20.0 Å². The molecular weight excluding hydrogens is 302 g/mol. The van der Waals surface area contributed by atoms with Gasteiger partial charge in [0, 0.05) is 51.9 Å². The monoisotopic (exact) mass is 331 g/mol. The Bertz CT molecular complexity index is 552. The van der Waals surface area contributed by atoms with Gasteiger partial charge in [-0.2, -0.15) is 5.10 Å². The molecule has 0 atom stereocenters. The maximum atomic E-state index is 5.53. The highest BCUT2D eigenvalue weighted by Gasteiger charge is 2.31. The van der Waals surface area contributed by atoms with Crippen molar-refractivity contribution in [3.8, 4) is 0 Å². The fourth-order valence-corrected chi connectivity index (χ4v) is 3.90. The molecule has 4 rings (SSSR count). The minimum Gasteiger partial charge on any atom is -0.380 e. The molecule has 6 nitrogen and oxygen atoms in total. The maximum absolute atomic E-state index is 5.53. The number of fused-ring (bicyclic) bond motifs is 1. The van der Waals surface area contributed by atoms with Gasteiger partial charge >= 0.3 is 0 Å². The number of hydrogen-bond acceptors (Lipinski definition) is 6. The van der Waals surface area contributed by atoms with Gasteiger partial charge in [-0.15, -0.1) is 5.10 Å². The molecule has 3 aliphatic rings. The largest absolute Gasteiger partial charge is 0.380 e. The molecule has 0 N–H and O–H groups in total. The fourth-order valence-electron chi connectivity index (χ4n) is 3.90. The molecule has 2 fully saturated rings. The highest BCUT2D eigenvalue weighted by molar-refractivity contribution is 5.45. The Morgan fingerprint density at radius 1 is 1.17 bits per heavy atom. The van der Waals surface area contributed by atoms with Crippen molar-refractivity contribution in [1.29, 1.82) is 0 Å². The standard InChI is InChI=1S/C18H29N5O/c1-21(7-8-22-6-3-10-24-11-9-22)16-13-23(14-16)18-12-15-4-2-5-17(15)19-20-18/h12,16H,2-11,13-14H2,1H3. The van der Waals surface area contributed by atoms with Gasteiger partial charge in [0.1, 0.15) is 0 Å². The Morgan fingerprint density at radius 2 is 2.08 bits per heavy atom. The van der Waals surface area contributed by atoms with Crippen molar-refractivity contribution < 1.29 is 4.74 Å². The molecule has 0 aromatic carbocycles. The Hall–Kier alpha value is -1.24. The smallest absolute Gasteiger partial charge is 0.151 e. The first kappa shape index (κ1) is 16.2. The Kier molecular flexibility index (Phi) is 4.96. The summed E-state index contributed by atoms with van der Waals surface area (Å²) in [5.41, 5.74) is 2.63. The lowest BCUT2D eigenvalue weighted by molar-refractivity contribution is 0.134. The van der Waals surface area contributed by atoms with Crippen LogP contribution in [0.5, 0.6) is 0 Å². The molecule has 132 valence electrons. The van der Waals surface area contributed by atoms with Gasteiger partial charge in [0.25, 0.3) is 0 Å². The van der Waals surface area contributed by atoms with Crippen LogP contribution in [0.4, 0.5) is 5.82 Å². The zero-order valence-corrected chi connectivity index (χ0v) is 14.8. The highest BCUT2D eigenvalue weighted by Crippen LogP contribution is 2.26. The molecule has 1 aromatic rings. The molecule has 24 heavy (non-hydrogen) atoms. The molecular formula is C18H29N5O. The van der Waals surface area contributed by atoms with Crippen LogP contribution in [0.3, 0.4) is 0 Å². The summed E-state index contributed by atoms with van der Waals surface area (Å²) in [6.45, 7) is 8.50. The molecule has 0 bridgehead atoms. The van der Waals surface area contributed by atoms with E-state index in [1.165, 1.54) is 30.6 Å². The van der Waals surface area contributed by atoms with Gasteiger partial charge in [-0.1, -0.05) is 0 Å². The third-order valence-corrected chi connectivity index (χ3v) is 5.70. The number of aromatic nitrogens is 2. The second-order valence-electron chi connectivity index (χ2n) is 7.38. The molecule has 0 spiro atoms. The minimum atomic E-state index is 0.642. The average molecular weight is 331 g/mol. The van der Waals surface area contributed by atoms with Gasteiger partial charge in [-0.25, -0.2) is 0 Å². The summed E-state index contributed by atoms with van der Waals surface area (Å²) in [7, 11) is 2.25. The van der Waals surface area contributed by atoms with Crippen LogP contribution in [-0.2, 0) is 17.6 Å². The summed E-state index contributed by atoms with van der Waals surface area (Å²) >= 11 is 0. The summed E-state index contributed by atoms with van der Waals surface area (Å²) < 4.78 is 5.53. The van der Waals surface area contributed by atoms with Gasteiger partial charge in [0.05, 0.1) is 12.3 Å². The summed E-state index contributed by atoms with van der Waals surface area (Å²) in [6, 6.07) is 2.91. The summed E-state index contributed by atoms with van der Waals surface area (Å²) in [4.78, 5) is 7.40. The number of likely N-dealkylation sites (N-methyl/N-ethyl adjacent to an activating group) is 1. The second kappa shape index (κ2) is 7.33. The van der Waals surface area contributed by atoms with Gasteiger partial charge in [0.15, 0.2) is 5.82 Å². The summed E-state index contributed by atoms with van der Waals surface area (Å²) in [6.07, 6.45) is 4.68. The van der Waals surface area contributed by atoms with Crippen molar-refractivity contribution in [3.05, 3.63) is 17.3 Å². The number of hydrogen-bond donors (Lipinski definition) is 0. The topological polar surface area (TPSA) is 44.7 Å². The van der Waals surface area contributed by atoms with Crippen molar-refractivity contribution in [2.75, 3.05) is 64.4 Å². The first-order chi connectivity index (χ1) is 11.8. The molecule has 0 saturated carbocycles. The molecule has 2 aliphatic heterocycles. The Labute approximate surface area is 144 Å². The lowest BCUT2D eigenvalue weighted by Crippen LogP contribution is -2.59. The maximum Gasteiger partial charge on any atom is 0.151 e. The van der Waals surface area contributed by atoms with Gasteiger partial charge in [-0.3, -0.25) is 9.80 Å². The zero-order valence-electron chi connectivity index (χ0n) is 14.8. The van der Waals surface area contributed by atoms with E-state index in [1.54, 1.807) is 0 Å². The van der Waals surface area contributed by atoms with E-state index in [0.717, 1.165) is 64.6 Å².